The number of nitrogens with zero attached hydrogens (tertiary/aromatic N) is 2. The fourth-order valence-corrected chi connectivity index (χ4v) is 3.77. The number of imide groups is 1. The van der Waals surface area contributed by atoms with Crippen molar-refractivity contribution in [1.82, 2.24) is 4.90 Å². The van der Waals surface area contributed by atoms with Gasteiger partial charge in [-0.15, -0.1) is 11.8 Å². The van der Waals surface area contributed by atoms with Gasteiger partial charge in [-0.2, -0.15) is 0 Å². The highest BCUT2D eigenvalue weighted by Gasteiger charge is 2.48. The maximum atomic E-state index is 12.2. The van der Waals surface area contributed by atoms with E-state index in [2.05, 4.69) is 0 Å². The Kier molecular flexibility index (Phi) is 2.92. The van der Waals surface area contributed by atoms with E-state index in [0.29, 0.717) is 22.3 Å². The maximum absolute atomic E-state index is 12.2. The smallest absolute Gasteiger partial charge is 0.302 e. The molecule has 2 heterocycles. The second-order valence-corrected chi connectivity index (χ2v) is 6.06. The molecule has 0 bridgehead atoms. The van der Waals surface area contributed by atoms with Crippen LogP contribution in [0.15, 0.2) is 18.2 Å². The molecule has 1 aromatic rings. The fraction of sp³-hybridized carbons (Fsp3) is 0.273. The van der Waals surface area contributed by atoms with Crippen LogP contribution in [0.25, 0.3) is 0 Å². The molecule has 1 aromatic carbocycles. The molecule has 7 heteroatoms. The summed E-state index contributed by atoms with van der Waals surface area (Å²) < 4.78 is 0. The number of urea groups is 1. The van der Waals surface area contributed by atoms with Crippen LogP contribution in [0, 0.1) is 0 Å². The predicted molar refractivity (Wildman–Crippen MR) is 72.3 cm³/mol. The number of anilines is 1. The number of hydrogen-bond acceptors (Lipinski definition) is 3. The molecule has 0 aliphatic carbocycles. The second-order valence-electron chi connectivity index (χ2n) is 4.00. The molecule has 2 aliphatic rings. The summed E-state index contributed by atoms with van der Waals surface area (Å²) in [4.78, 5) is 27.0. The lowest BCUT2D eigenvalue weighted by atomic mass is 10.3. The van der Waals surface area contributed by atoms with Gasteiger partial charge in [0.15, 0.2) is 5.37 Å². The van der Waals surface area contributed by atoms with Gasteiger partial charge in [-0.25, -0.2) is 9.69 Å². The molecule has 2 fully saturated rings. The molecule has 1 unspecified atom stereocenters. The molecule has 0 saturated carbocycles. The van der Waals surface area contributed by atoms with E-state index in [4.69, 9.17) is 23.2 Å². The first-order valence-corrected chi connectivity index (χ1v) is 7.10. The summed E-state index contributed by atoms with van der Waals surface area (Å²) >= 11 is 13.3. The number of benzene rings is 1. The molecule has 0 aromatic heterocycles. The number of hydrogen-bond donors (Lipinski definition) is 0. The Morgan fingerprint density at radius 1 is 1.17 bits per heavy atom. The molecule has 0 radical (unpaired) electrons. The van der Waals surface area contributed by atoms with Crippen molar-refractivity contribution in [3.8, 4) is 0 Å². The van der Waals surface area contributed by atoms with Gasteiger partial charge in [0.05, 0.1) is 5.69 Å². The fourth-order valence-electron chi connectivity index (χ4n) is 2.11. The van der Waals surface area contributed by atoms with Crippen molar-refractivity contribution in [2.45, 2.75) is 5.37 Å². The van der Waals surface area contributed by atoms with E-state index in [9.17, 15) is 9.59 Å². The van der Waals surface area contributed by atoms with Crippen molar-refractivity contribution in [2.24, 2.45) is 0 Å². The molecular formula is C11H8Cl2N2O2S. The summed E-state index contributed by atoms with van der Waals surface area (Å²) in [5.41, 5.74) is 0.428. The highest BCUT2D eigenvalue weighted by atomic mass is 35.5. The van der Waals surface area contributed by atoms with E-state index in [0.717, 1.165) is 10.7 Å². The van der Waals surface area contributed by atoms with Crippen LogP contribution in [0.5, 0.6) is 0 Å². The third-order valence-corrected chi connectivity index (χ3v) is 4.49. The van der Waals surface area contributed by atoms with Crippen LogP contribution in [-0.2, 0) is 4.79 Å². The van der Waals surface area contributed by atoms with Gasteiger partial charge in [0, 0.05) is 22.3 Å². The van der Waals surface area contributed by atoms with Crippen molar-refractivity contribution >= 4 is 52.6 Å². The molecule has 18 heavy (non-hydrogen) atoms. The summed E-state index contributed by atoms with van der Waals surface area (Å²) in [6.07, 6.45) is 0. The molecule has 0 N–H and O–H groups in total. The van der Waals surface area contributed by atoms with Gasteiger partial charge in [-0.05, 0) is 18.2 Å². The molecule has 2 saturated heterocycles. The van der Waals surface area contributed by atoms with Crippen LogP contribution < -0.4 is 4.90 Å². The monoisotopic (exact) mass is 302 g/mol. The van der Waals surface area contributed by atoms with Crippen molar-refractivity contribution in [1.29, 1.82) is 0 Å². The maximum Gasteiger partial charge on any atom is 0.332 e. The summed E-state index contributed by atoms with van der Waals surface area (Å²) in [6, 6.07) is 4.40. The number of carbonyl (C=O) groups excluding carboxylic acids is 2. The van der Waals surface area contributed by atoms with Crippen molar-refractivity contribution in [2.75, 3.05) is 17.2 Å². The molecule has 0 spiro atoms. The first-order chi connectivity index (χ1) is 8.58. The molecule has 4 nitrogen and oxygen atoms in total. The Morgan fingerprint density at radius 3 is 2.44 bits per heavy atom. The number of halogens is 2. The normalized spacial score (nSPS) is 22.9. The summed E-state index contributed by atoms with van der Waals surface area (Å²) in [5.74, 6) is 0.576. The SMILES string of the molecule is O=C1C2SCCN2C(=O)N1c1cc(Cl)cc(Cl)c1. The van der Waals surface area contributed by atoms with E-state index in [1.165, 1.54) is 11.8 Å². The van der Waals surface area contributed by atoms with Crippen LogP contribution in [0.4, 0.5) is 10.5 Å². The average Bonchev–Trinajstić information content (AvgIpc) is 2.83. The lowest BCUT2D eigenvalue weighted by Crippen LogP contribution is -2.33. The first kappa shape index (κ1) is 12.1. The Labute approximate surface area is 118 Å². The summed E-state index contributed by atoms with van der Waals surface area (Å²) in [6.45, 7) is 0.602. The Morgan fingerprint density at radius 2 is 1.83 bits per heavy atom. The molecule has 2 aliphatic heterocycles. The van der Waals surface area contributed by atoms with Crippen LogP contribution >= 0.6 is 35.0 Å². The Balaban J connectivity index is 2.02. The third-order valence-electron chi connectivity index (χ3n) is 2.87. The zero-order chi connectivity index (χ0) is 12.9. The Bertz CT molecular complexity index is 510. The van der Waals surface area contributed by atoms with Gasteiger partial charge in [0.1, 0.15) is 0 Å². The molecule has 94 valence electrons. The minimum atomic E-state index is -0.393. The quantitative estimate of drug-likeness (QED) is 0.749. The summed E-state index contributed by atoms with van der Waals surface area (Å²) in [7, 11) is 0. The van der Waals surface area contributed by atoms with Crippen molar-refractivity contribution < 1.29 is 9.59 Å². The van der Waals surface area contributed by atoms with Gasteiger partial charge in [0.25, 0.3) is 5.91 Å². The third kappa shape index (κ3) is 1.77. The van der Waals surface area contributed by atoms with E-state index in [-0.39, 0.29) is 11.9 Å². The van der Waals surface area contributed by atoms with Gasteiger partial charge < -0.3 is 4.90 Å². The minimum absolute atomic E-state index is 0.221. The minimum Gasteiger partial charge on any atom is -0.302 e. The predicted octanol–water partition coefficient (Wildman–Crippen LogP) is 2.83. The molecular weight excluding hydrogens is 295 g/mol. The van der Waals surface area contributed by atoms with Gasteiger partial charge in [0.2, 0.25) is 0 Å². The number of fused-ring (bicyclic) bond motifs is 1. The zero-order valence-electron chi connectivity index (χ0n) is 9.10. The number of carbonyl (C=O) groups is 2. The lowest BCUT2D eigenvalue weighted by Gasteiger charge is -2.15. The van der Waals surface area contributed by atoms with E-state index in [1.807, 2.05) is 0 Å². The van der Waals surface area contributed by atoms with Gasteiger partial charge in [-0.3, -0.25) is 4.79 Å². The number of rotatable bonds is 1. The standard InChI is InChI=1S/C11H8Cl2N2O2S/c12-6-3-7(13)5-8(4-6)15-9(16)10-14(11(15)17)1-2-18-10/h3-5,10H,1-2H2. The van der Waals surface area contributed by atoms with E-state index in [1.54, 1.807) is 23.1 Å². The highest BCUT2D eigenvalue weighted by molar-refractivity contribution is 8.00. The number of amides is 3. The lowest BCUT2D eigenvalue weighted by molar-refractivity contribution is -0.117. The zero-order valence-corrected chi connectivity index (χ0v) is 11.4. The second kappa shape index (κ2) is 4.33. The van der Waals surface area contributed by atoms with Gasteiger partial charge in [-0.1, -0.05) is 23.2 Å². The summed E-state index contributed by atoms with van der Waals surface area (Å²) in [5, 5.41) is 0.408. The Hall–Kier alpha value is -0.910. The van der Waals surface area contributed by atoms with E-state index >= 15 is 0 Å². The average molecular weight is 303 g/mol. The molecule has 3 rings (SSSR count). The van der Waals surface area contributed by atoms with Crippen molar-refractivity contribution in [3.63, 3.8) is 0 Å². The molecule has 3 amide bonds. The molecule has 1 atom stereocenters. The largest absolute Gasteiger partial charge is 0.332 e. The van der Waals surface area contributed by atoms with Crippen LogP contribution in [0.3, 0.4) is 0 Å². The number of thioether (sulfide) groups is 1. The highest BCUT2D eigenvalue weighted by Crippen LogP contribution is 2.36. The van der Waals surface area contributed by atoms with E-state index < -0.39 is 5.37 Å². The van der Waals surface area contributed by atoms with Crippen molar-refractivity contribution in [3.05, 3.63) is 28.2 Å². The topological polar surface area (TPSA) is 40.6 Å². The van der Waals surface area contributed by atoms with Crippen LogP contribution in [0.1, 0.15) is 0 Å². The first-order valence-electron chi connectivity index (χ1n) is 5.30. The van der Waals surface area contributed by atoms with Crippen LogP contribution in [-0.4, -0.2) is 34.5 Å². The van der Waals surface area contributed by atoms with Crippen LogP contribution in [0.2, 0.25) is 10.0 Å². The van der Waals surface area contributed by atoms with Gasteiger partial charge >= 0.3 is 6.03 Å².